The molecule has 1 amide bonds. The largest absolute Gasteiger partial charge is 0.365 e. The van der Waals surface area contributed by atoms with Gasteiger partial charge in [-0.25, -0.2) is 4.39 Å². The molecule has 0 unspecified atom stereocenters. The minimum atomic E-state index is -0.362. The van der Waals surface area contributed by atoms with Crippen molar-refractivity contribution in [3.63, 3.8) is 0 Å². The number of aryl methyl sites for hydroxylation is 1. The highest BCUT2D eigenvalue weighted by Gasteiger charge is 2.06. The van der Waals surface area contributed by atoms with E-state index >= 15 is 0 Å². The Morgan fingerprint density at radius 3 is 2.38 bits per heavy atom. The molecule has 0 spiro atoms. The van der Waals surface area contributed by atoms with Crippen molar-refractivity contribution in [3.8, 4) is 0 Å². The molecule has 26 heavy (non-hydrogen) atoms. The number of rotatable bonds is 6. The van der Waals surface area contributed by atoms with Crippen LogP contribution in [-0.2, 0) is 17.8 Å². The van der Waals surface area contributed by atoms with Gasteiger partial charge in [-0.1, -0.05) is 42.0 Å². The van der Waals surface area contributed by atoms with Gasteiger partial charge in [0.25, 0.3) is 0 Å². The summed E-state index contributed by atoms with van der Waals surface area (Å²) in [4.78, 5) is 12.0. The lowest BCUT2D eigenvalue weighted by Crippen LogP contribution is -2.16. The minimum absolute atomic E-state index is 0.0763. The van der Waals surface area contributed by atoms with Gasteiger partial charge in [-0.3, -0.25) is 4.79 Å². The number of nitrogens with one attached hydrogen (secondary N) is 2. The third kappa shape index (κ3) is 5.11. The van der Waals surface area contributed by atoms with Crippen LogP contribution in [0.2, 0.25) is 0 Å². The molecule has 2 N–H and O–H groups in total. The molecule has 0 aliphatic rings. The zero-order valence-corrected chi connectivity index (χ0v) is 14.4. The van der Waals surface area contributed by atoms with Gasteiger partial charge < -0.3 is 10.6 Å². The molecule has 3 aromatic rings. The number of halogens is 1. The van der Waals surface area contributed by atoms with Gasteiger partial charge in [-0.2, -0.15) is 0 Å². The first kappa shape index (κ1) is 17.5. The summed E-state index contributed by atoms with van der Waals surface area (Å²) in [5.41, 5.74) is 2.96. The van der Waals surface area contributed by atoms with Crippen LogP contribution in [0.15, 0.2) is 60.7 Å². The fourth-order valence-electron chi connectivity index (χ4n) is 2.41. The first-order valence-electron chi connectivity index (χ1n) is 8.26. The van der Waals surface area contributed by atoms with Gasteiger partial charge in [0.1, 0.15) is 11.6 Å². The second-order valence-electron chi connectivity index (χ2n) is 6.00. The predicted molar refractivity (Wildman–Crippen MR) is 99.3 cm³/mol. The zero-order valence-electron chi connectivity index (χ0n) is 14.4. The normalized spacial score (nSPS) is 10.4. The Bertz CT molecular complexity index is 879. The Hall–Kier alpha value is -3.28. The van der Waals surface area contributed by atoms with Crippen molar-refractivity contribution in [2.24, 2.45) is 0 Å². The van der Waals surface area contributed by atoms with Crippen molar-refractivity contribution in [3.05, 3.63) is 83.2 Å². The molecule has 0 saturated heterocycles. The van der Waals surface area contributed by atoms with E-state index in [0.29, 0.717) is 23.7 Å². The third-order valence-electron chi connectivity index (χ3n) is 3.78. The number of hydrogen-bond acceptors (Lipinski definition) is 4. The predicted octanol–water partition coefficient (Wildman–Crippen LogP) is 3.72. The number of nitrogens with zero attached hydrogens (tertiary/aromatic N) is 2. The molecule has 0 radical (unpaired) electrons. The molecule has 0 saturated carbocycles. The van der Waals surface area contributed by atoms with E-state index in [1.54, 1.807) is 24.3 Å². The maximum atomic E-state index is 13.1. The van der Waals surface area contributed by atoms with Crippen LogP contribution in [0.1, 0.15) is 16.7 Å². The molecule has 0 atom stereocenters. The average molecular weight is 350 g/mol. The van der Waals surface area contributed by atoms with E-state index in [4.69, 9.17) is 0 Å². The average Bonchev–Trinajstić information content (AvgIpc) is 2.62. The molecule has 0 fully saturated rings. The number of carbonyl (C=O) groups is 1. The zero-order chi connectivity index (χ0) is 18.4. The van der Waals surface area contributed by atoms with Crippen molar-refractivity contribution in [1.82, 2.24) is 10.2 Å². The Balaban J connectivity index is 1.52. The van der Waals surface area contributed by atoms with E-state index in [2.05, 4.69) is 45.1 Å². The highest BCUT2D eigenvalue weighted by Crippen LogP contribution is 2.10. The first-order valence-corrected chi connectivity index (χ1v) is 8.26. The van der Waals surface area contributed by atoms with Gasteiger partial charge in [-0.15, -0.1) is 10.2 Å². The van der Waals surface area contributed by atoms with E-state index in [-0.39, 0.29) is 18.1 Å². The van der Waals surface area contributed by atoms with Crippen molar-refractivity contribution in [2.45, 2.75) is 19.9 Å². The lowest BCUT2D eigenvalue weighted by molar-refractivity contribution is -0.115. The lowest BCUT2D eigenvalue weighted by atomic mass is 10.1. The van der Waals surface area contributed by atoms with E-state index in [1.807, 2.05) is 6.92 Å². The molecule has 1 aromatic heterocycles. The van der Waals surface area contributed by atoms with Crippen LogP contribution in [0.25, 0.3) is 0 Å². The summed E-state index contributed by atoms with van der Waals surface area (Å²) in [6.07, 6.45) is 0.0763. The minimum Gasteiger partial charge on any atom is -0.365 e. The van der Waals surface area contributed by atoms with Gasteiger partial charge in [0, 0.05) is 6.54 Å². The van der Waals surface area contributed by atoms with Crippen molar-refractivity contribution in [1.29, 1.82) is 0 Å². The molecule has 6 heteroatoms. The van der Waals surface area contributed by atoms with Crippen LogP contribution < -0.4 is 10.6 Å². The number of hydrogen-bond donors (Lipinski definition) is 2. The molecule has 132 valence electrons. The van der Waals surface area contributed by atoms with Gasteiger partial charge in [0.05, 0.1) is 6.42 Å². The summed E-state index contributed by atoms with van der Waals surface area (Å²) in [6.45, 7) is 2.68. The number of anilines is 2. The maximum absolute atomic E-state index is 13.1. The summed E-state index contributed by atoms with van der Waals surface area (Å²) < 4.78 is 13.1. The number of carbonyl (C=O) groups excluding carboxylic acids is 1. The standard InChI is InChI=1S/C20H19FN4O/c1-14-5-7-15(8-6-14)13-22-18-9-10-19(25-24-18)23-20(26)12-16-3-2-4-17(21)11-16/h2-11H,12-13H2,1H3,(H,22,24)(H,23,25,26). The number of amides is 1. The molecule has 0 aliphatic heterocycles. The van der Waals surface area contributed by atoms with Gasteiger partial charge in [0.2, 0.25) is 5.91 Å². The topological polar surface area (TPSA) is 66.9 Å². The quantitative estimate of drug-likeness (QED) is 0.711. The smallest absolute Gasteiger partial charge is 0.229 e. The molecule has 3 rings (SSSR count). The van der Waals surface area contributed by atoms with Crippen LogP contribution in [0.3, 0.4) is 0 Å². The number of benzene rings is 2. The Labute approximate surface area is 151 Å². The molecule has 0 aliphatic carbocycles. The van der Waals surface area contributed by atoms with Crippen LogP contribution in [0.4, 0.5) is 16.0 Å². The fourth-order valence-corrected chi connectivity index (χ4v) is 2.41. The maximum Gasteiger partial charge on any atom is 0.229 e. The van der Waals surface area contributed by atoms with Gasteiger partial charge in [-0.05, 0) is 42.3 Å². The van der Waals surface area contributed by atoms with Crippen LogP contribution in [-0.4, -0.2) is 16.1 Å². The van der Waals surface area contributed by atoms with Crippen molar-refractivity contribution >= 4 is 17.5 Å². The van der Waals surface area contributed by atoms with Crippen molar-refractivity contribution in [2.75, 3.05) is 10.6 Å². The van der Waals surface area contributed by atoms with E-state index in [1.165, 1.54) is 17.7 Å². The van der Waals surface area contributed by atoms with Crippen LogP contribution >= 0.6 is 0 Å². The second-order valence-corrected chi connectivity index (χ2v) is 6.00. The molecule has 1 heterocycles. The van der Waals surface area contributed by atoms with Crippen LogP contribution in [0.5, 0.6) is 0 Å². The second kappa shape index (κ2) is 8.20. The van der Waals surface area contributed by atoms with E-state index < -0.39 is 0 Å². The monoisotopic (exact) mass is 350 g/mol. The third-order valence-corrected chi connectivity index (χ3v) is 3.78. The molecular formula is C20H19FN4O. The lowest BCUT2D eigenvalue weighted by Gasteiger charge is -2.07. The Morgan fingerprint density at radius 1 is 0.962 bits per heavy atom. The first-order chi connectivity index (χ1) is 12.6. The highest BCUT2D eigenvalue weighted by atomic mass is 19.1. The molecule has 5 nitrogen and oxygen atoms in total. The summed E-state index contributed by atoms with van der Waals surface area (Å²) in [5, 5.41) is 13.9. The Kier molecular flexibility index (Phi) is 5.53. The highest BCUT2D eigenvalue weighted by molar-refractivity contribution is 5.91. The summed E-state index contributed by atoms with van der Waals surface area (Å²) in [7, 11) is 0. The van der Waals surface area contributed by atoms with E-state index in [0.717, 1.165) is 5.56 Å². The number of aromatic nitrogens is 2. The summed E-state index contributed by atoms with van der Waals surface area (Å²) in [5.74, 6) is 0.338. The van der Waals surface area contributed by atoms with Crippen molar-refractivity contribution < 1.29 is 9.18 Å². The fraction of sp³-hybridized carbons (Fsp3) is 0.150. The molecule has 0 bridgehead atoms. The van der Waals surface area contributed by atoms with Crippen LogP contribution in [0, 0.1) is 12.7 Å². The Morgan fingerprint density at radius 2 is 1.69 bits per heavy atom. The summed E-state index contributed by atoms with van der Waals surface area (Å²) >= 11 is 0. The molecule has 2 aromatic carbocycles. The van der Waals surface area contributed by atoms with E-state index in [9.17, 15) is 9.18 Å². The van der Waals surface area contributed by atoms with Gasteiger partial charge in [0.15, 0.2) is 5.82 Å². The summed E-state index contributed by atoms with van der Waals surface area (Å²) in [6, 6.07) is 17.6. The van der Waals surface area contributed by atoms with Gasteiger partial charge >= 0.3 is 0 Å². The molecular weight excluding hydrogens is 331 g/mol. The SMILES string of the molecule is Cc1ccc(CNc2ccc(NC(=O)Cc3cccc(F)c3)nn2)cc1.